The van der Waals surface area contributed by atoms with Crippen molar-refractivity contribution in [2.75, 3.05) is 47.4 Å². The van der Waals surface area contributed by atoms with E-state index in [1.807, 2.05) is 32.8 Å². The number of nitrogens with zero attached hydrogens (tertiary/aromatic N) is 3. The summed E-state index contributed by atoms with van der Waals surface area (Å²) in [4.78, 5) is 24.4. The van der Waals surface area contributed by atoms with Crippen LogP contribution >= 0.6 is 0 Å². The number of oxime groups is 1. The van der Waals surface area contributed by atoms with E-state index in [1.165, 1.54) is 14.0 Å². The van der Waals surface area contributed by atoms with E-state index in [0.717, 1.165) is 13.1 Å². The zero-order valence-electron chi connectivity index (χ0n) is 38.7. The summed E-state index contributed by atoms with van der Waals surface area (Å²) in [6.07, 6.45) is -9.19. The van der Waals surface area contributed by atoms with E-state index in [1.54, 1.807) is 48.5 Å². The van der Waals surface area contributed by atoms with E-state index < -0.39 is 102 Å². The van der Waals surface area contributed by atoms with Crippen molar-refractivity contribution in [1.82, 2.24) is 9.80 Å². The first kappa shape index (κ1) is 51.8. The highest BCUT2D eigenvalue weighted by molar-refractivity contribution is 5.88. The van der Waals surface area contributed by atoms with Gasteiger partial charge in [0.05, 0.1) is 53.4 Å². The molecule has 0 aromatic heterocycles. The number of hydrogen-bond donors (Lipinski definition) is 5. The first-order valence-corrected chi connectivity index (χ1v) is 21.8. The quantitative estimate of drug-likeness (QED) is 0.103. The van der Waals surface area contributed by atoms with Gasteiger partial charge < -0.3 is 68.6 Å². The highest BCUT2D eigenvalue weighted by Gasteiger charge is 2.53. The van der Waals surface area contributed by atoms with Gasteiger partial charge in [0.1, 0.15) is 30.5 Å². The molecule has 0 saturated carbocycles. The van der Waals surface area contributed by atoms with Crippen LogP contribution in [0.5, 0.6) is 0 Å². The van der Waals surface area contributed by atoms with E-state index in [2.05, 4.69) is 23.9 Å². The Labute approximate surface area is 353 Å². The van der Waals surface area contributed by atoms with E-state index in [0.29, 0.717) is 18.7 Å². The van der Waals surface area contributed by atoms with E-state index in [9.17, 15) is 30.3 Å². The molecular weight excluding hydrogens is 766 g/mol. The van der Waals surface area contributed by atoms with Crippen LogP contribution < -0.4 is 0 Å². The Morgan fingerprint density at radius 1 is 0.881 bits per heavy atom. The maximum atomic E-state index is 14.4. The summed E-state index contributed by atoms with van der Waals surface area (Å²) in [6, 6.07) is -0.314. The van der Waals surface area contributed by atoms with Crippen molar-refractivity contribution in [2.24, 2.45) is 28.8 Å². The van der Waals surface area contributed by atoms with E-state index in [4.69, 9.17) is 33.3 Å². The van der Waals surface area contributed by atoms with Crippen molar-refractivity contribution in [3.63, 3.8) is 0 Å². The van der Waals surface area contributed by atoms with E-state index >= 15 is 0 Å². The van der Waals surface area contributed by atoms with Crippen LogP contribution in [0.4, 0.5) is 0 Å². The summed E-state index contributed by atoms with van der Waals surface area (Å²) < 4.78 is 37.8. The third-order valence-electron chi connectivity index (χ3n) is 13.4. The second-order valence-electron chi connectivity index (χ2n) is 18.4. The average molecular weight is 848 g/mol. The van der Waals surface area contributed by atoms with Gasteiger partial charge in [0.2, 0.25) is 0 Å². The van der Waals surface area contributed by atoms with Crippen molar-refractivity contribution >= 4 is 11.7 Å². The van der Waals surface area contributed by atoms with Crippen LogP contribution in [0.1, 0.15) is 109 Å². The monoisotopic (exact) mass is 848 g/mol. The predicted molar refractivity (Wildman–Crippen MR) is 222 cm³/mol. The Kier molecular flexibility index (Phi) is 19.1. The molecule has 16 heteroatoms. The summed E-state index contributed by atoms with van der Waals surface area (Å²) in [5, 5.41) is 64.0. The molecule has 0 radical (unpaired) electrons. The molecule has 0 bridgehead atoms. The molecule has 0 aliphatic carbocycles. The molecule has 346 valence electrons. The second-order valence-corrected chi connectivity index (χ2v) is 18.4. The minimum absolute atomic E-state index is 0.0164. The number of rotatable bonds is 13. The minimum atomic E-state index is -1.93. The molecule has 18 atom stereocenters. The molecule has 3 aliphatic heterocycles. The number of methoxy groups -OCH3 is 1. The van der Waals surface area contributed by atoms with Gasteiger partial charge in [-0.3, -0.25) is 4.79 Å². The maximum Gasteiger partial charge on any atom is 0.311 e. The molecule has 5 N–H and O–H groups in total. The fourth-order valence-corrected chi connectivity index (χ4v) is 9.42. The molecule has 0 aromatic carbocycles. The van der Waals surface area contributed by atoms with Crippen LogP contribution in [0.25, 0.3) is 0 Å². The van der Waals surface area contributed by atoms with Gasteiger partial charge >= 0.3 is 5.97 Å². The molecular formula is C43H81N3O13. The van der Waals surface area contributed by atoms with Crippen LogP contribution in [0.2, 0.25) is 0 Å². The minimum Gasteiger partial charge on any atom is -0.459 e. The SMILES string of the molecule is CCC1OC(=O)[C@H](C)C(O[C@H]2C[C@@](C)(OC)[C@@H](O)[C@H](C)O2)[C@H](C)[C@@H](O[C@@H]2O[C@H](C)C[C@H](N(C)C)[C@H]2O)[C@](C)(O)C[C@@H](C)/C(=N\OCCN(CC)CC)[C@H](C)[C@@H](O)[C@]1(C)O. The van der Waals surface area contributed by atoms with Gasteiger partial charge in [-0.05, 0) is 88.0 Å². The summed E-state index contributed by atoms with van der Waals surface area (Å²) in [5.41, 5.74) is -4.32. The smallest absolute Gasteiger partial charge is 0.311 e. The standard InChI is InChI=1S/C43H81N3O13/c1-16-31-43(12,52)36(48)26(6)33(44-54-20-19-46(17-2)18-3)24(4)22-41(10,51)38(59-40-34(47)30(45(13)14)21-25(5)55-40)27(7)35(28(8)39(50)57-31)58-32-23-42(11,53-15)37(49)29(9)56-32/h24-32,34-38,40,47-49,51-52H,16-23H2,1-15H3/b44-33+/t24-,25-,26+,27+,28-,29+,30+,31?,32+,34-,35?,36-,37+,38-,40+,41-,42-,43-/m1/s1. The lowest BCUT2D eigenvalue weighted by molar-refractivity contribution is -0.317. The Hall–Kier alpha value is -1.54. The van der Waals surface area contributed by atoms with Crippen molar-refractivity contribution in [3.05, 3.63) is 0 Å². The molecule has 16 nitrogen and oxygen atoms in total. The van der Waals surface area contributed by atoms with Crippen LogP contribution in [-0.4, -0.2) is 179 Å². The highest BCUT2D eigenvalue weighted by Crippen LogP contribution is 2.41. The Bertz CT molecular complexity index is 1330. The Balaban J connectivity index is 2.23. The number of hydrogen-bond acceptors (Lipinski definition) is 16. The van der Waals surface area contributed by atoms with Crippen molar-refractivity contribution in [1.29, 1.82) is 0 Å². The lowest BCUT2D eigenvalue weighted by Gasteiger charge is -2.49. The third kappa shape index (κ3) is 12.3. The number of aliphatic hydroxyl groups excluding tert-OH is 3. The number of cyclic esters (lactones) is 1. The molecule has 3 fully saturated rings. The maximum absolute atomic E-state index is 14.4. The predicted octanol–water partition coefficient (Wildman–Crippen LogP) is 2.93. The largest absolute Gasteiger partial charge is 0.459 e. The molecule has 0 spiro atoms. The molecule has 3 rings (SSSR count). The lowest BCUT2D eigenvalue weighted by Crippen LogP contribution is -2.61. The van der Waals surface area contributed by atoms with Gasteiger partial charge in [0.15, 0.2) is 12.6 Å². The fourth-order valence-electron chi connectivity index (χ4n) is 9.42. The third-order valence-corrected chi connectivity index (χ3v) is 13.4. The van der Waals surface area contributed by atoms with Gasteiger partial charge in [-0.15, -0.1) is 0 Å². The first-order valence-electron chi connectivity index (χ1n) is 21.8. The van der Waals surface area contributed by atoms with Gasteiger partial charge in [-0.25, -0.2) is 0 Å². The van der Waals surface area contributed by atoms with E-state index in [-0.39, 0.29) is 38.0 Å². The zero-order valence-corrected chi connectivity index (χ0v) is 38.7. The van der Waals surface area contributed by atoms with Gasteiger partial charge in [0.25, 0.3) is 0 Å². The normalized spacial score (nSPS) is 45.4. The molecule has 3 aliphatic rings. The first-order chi connectivity index (χ1) is 27.4. The molecule has 3 heterocycles. The molecule has 3 saturated heterocycles. The van der Waals surface area contributed by atoms with Crippen LogP contribution in [0.15, 0.2) is 5.16 Å². The molecule has 2 unspecified atom stereocenters. The molecule has 59 heavy (non-hydrogen) atoms. The number of likely N-dealkylation sites (N-methyl/N-ethyl adjacent to an activating group) is 2. The highest BCUT2D eigenvalue weighted by atomic mass is 16.7. The number of aliphatic hydroxyl groups is 5. The van der Waals surface area contributed by atoms with Gasteiger partial charge in [-0.1, -0.05) is 46.7 Å². The van der Waals surface area contributed by atoms with Crippen molar-refractivity contribution < 1.29 is 63.6 Å². The fraction of sp³-hybridized carbons (Fsp3) is 0.953. The topological polar surface area (TPSA) is 202 Å². The number of carbonyl (C=O) groups is 1. The summed E-state index contributed by atoms with van der Waals surface area (Å²) in [7, 11) is 5.25. The second kappa shape index (κ2) is 21.7. The van der Waals surface area contributed by atoms with Crippen molar-refractivity contribution in [2.45, 2.75) is 193 Å². The van der Waals surface area contributed by atoms with Crippen molar-refractivity contribution in [3.8, 4) is 0 Å². The van der Waals surface area contributed by atoms with Crippen LogP contribution in [0, 0.1) is 23.7 Å². The molecule has 0 amide bonds. The van der Waals surface area contributed by atoms with Crippen LogP contribution in [-0.2, 0) is 38.1 Å². The number of esters is 1. The summed E-state index contributed by atoms with van der Waals surface area (Å²) >= 11 is 0. The number of ether oxygens (including phenoxy) is 6. The van der Waals surface area contributed by atoms with Gasteiger partial charge in [-0.2, -0.15) is 0 Å². The number of carbonyl (C=O) groups excluding carboxylic acids is 1. The summed E-state index contributed by atoms with van der Waals surface area (Å²) in [6.45, 7) is 23.9. The summed E-state index contributed by atoms with van der Waals surface area (Å²) in [5.74, 6) is -3.96. The molecule has 0 aromatic rings. The average Bonchev–Trinajstić information content (AvgIpc) is 3.17. The Morgan fingerprint density at radius 2 is 1.51 bits per heavy atom. The Morgan fingerprint density at radius 3 is 2.07 bits per heavy atom. The van der Waals surface area contributed by atoms with Gasteiger partial charge in [0, 0.05) is 43.9 Å². The van der Waals surface area contributed by atoms with Crippen LogP contribution in [0.3, 0.4) is 0 Å². The lowest BCUT2D eigenvalue weighted by atomic mass is 9.73. The zero-order chi connectivity index (χ0) is 44.8.